The van der Waals surface area contributed by atoms with Crippen molar-refractivity contribution in [1.29, 1.82) is 0 Å². The molecule has 1 saturated heterocycles. The standard InChI is InChI=1S/C12H16ClN3O/c1-16-7-6-14-11(8-16)12(17)15-10-5-3-2-4-9(10)13/h2-5,11,14H,6-8H2,1H3,(H,15,17). The van der Waals surface area contributed by atoms with Gasteiger partial charge in [-0.05, 0) is 19.2 Å². The smallest absolute Gasteiger partial charge is 0.242 e. The maximum atomic E-state index is 12.0. The van der Waals surface area contributed by atoms with Crippen LogP contribution < -0.4 is 10.6 Å². The van der Waals surface area contributed by atoms with Crippen molar-refractivity contribution in [3.8, 4) is 0 Å². The molecule has 0 aliphatic carbocycles. The topological polar surface area (TPSA) is 44.4 Å². The van der Waals surface area contributed by atoms with E-state index in [1.165, 1.54) is 0 Å². The molecular weight excluding hydrogens is 238 g/mol. The Labute approximate surface area is 106 Å². The van der Waals surface area contributed by atoms with Crippen molar-refractivity contribution in [1.82, 2.24) is 10.2 Å². The number of amides is 1. The van der Waals surface area contributed by atoms with Gasteiger partial charge in [-0.2, -0.15) is 0 Å². The third-order valence-corrected chi connectivity index (χ3v) is 3.16. The highest BCUT2D eigenvalue weighted by molar-refractivity contribution is 6.33. The molecule has 0 radical (unpaired) electrons. The first-order valence-electron chi connectivity index (χ1n) is 5.64. The number of benzene rings is 1. The van der Waals surface area contributed by atoms with Gasteiger partial charge < -0.3 is 15.5 Å². The molecule has 2 rings (SSSR count). The number of carbonyl (C=O) groups is 1. The van der Waals surface area contributed by atoms with Crippen LogP contribution in [0.15, 0.2) is 24.3 Å². The van der Waals surface area contributed by atoms with Gasteiger partial charge in [-0.25, -0.2) is 0 Å². The van der Waals surface area contributed by atoms with Gasteiger partial charge in [-0.15, -0.1) is 0 Å². The lowest BCUT2D eigenvalue weighted by atomic mass is 10.2. The summed E-state index contributed by atoms with van der Waals surface area (Å²) in [6.07, 6.45) is 0. The van der Waals surface area contributed by atoms with Crippen LogP contribution in [-0.4, -0.2) is 43.5 Å². The van der Waals surface area contributed by atoms with Crippen molar-refractivity contribution in [3.05, 3.63) is 29.3 Å². The summed E-state index contributed by atoms with van der Waals surface area (Å²) in [6, 6.07) is 7.07. The minimum atomic E-state index is -0.176. The molecule has 1 atom stereocenters. The minimum absolute atomic E-state index is 0.0374. The summed E-state index contributed by atoms with van der Waals surface area (Å²) in [5, 5.41) is 6.59. The zero-order valence-electron chi connectivity index (χ0n) is 9.74. The number of rotatable bonds is 2. The van der Waals surface area contributed by atoms with Crippen LogP contribution in [0.3, 0.4) is 0 Å². The summed E-state index contributed by atoms with van der Waals surface area (Å²) in [5.41, 5.74) is 0.661. The van der Waals surface area contributed by atoms with E-state index in [0.29, 0.717) is 10.7 Å². The van der Waals surface area contributed by atoms with E-state index in [9.17, 15) is 4.79 Å². The zero-order valence-corrected chi connectivity index (χ0v) is 10.5. The number of hydrogen-bond donors (Lipinski definition) is 2. The summed E-state index contributed by atoms with van der Waals surface area (Å²) in [7, 11) is 2.01. The maximum Gasteiger partial charge on any atom is 0.242 e. The van der Waals surface area contributed by atoms with Crippen molar-refractivity contribution in [2.75, 3.05) is 32.0 Å². The third-order valence-electron chi connectivity index (χ3n) is 2.83. The second-order valence-electron chi connectivity index (χ2n) is 4.24. The molecule has 1 unspecified atom stereocenters. The van der Waals surface area contributed by atoms with Gasteiger partial charge in [0.2, 0.25) is 5.91 Å². The summed E-state index contributed by atoms with van der Waals surface area (Å²) >= 11 is 5.99. The fraction of sp³-hybridized carbons (Fsp3) is 0.417. The Morgan fingerprint density at radius 1 is 1.53 bits per heavy atom. The number of nitrogens with zero attached hydrogens (tertiary/aromatic N) is 1. The van der Waals surface area contributed by atoms with E-state index in [-0.39, 0.29) is 11.9 Å². The highest BCUT2D eigenvalue weighted by Crippen LogP contribution is 2.20. The number of piperazine rings is 1. The van der Waals surface area contributed by atoms with Crippen LogP contribution in [-0.2, 0) is 4.79 Å². The van der Waals surface area contributed by atoms with E-state index in [1.807, 2.05) is 19.2 Å². The molecule has 2 N–H and O–H groups in total. The predicted octanol–water partition coefficient (Wildman–Crippen LogP) is 1.18. The SMILES string of the molecule is CN1CCNC(C(=O)Nc2ccccc2Cl)C1. The Balaban J connectivity index is 1.99. The lowest BCUT2D eigenvalue weighted by Crippen LogP contribution is -2.54. The molecule has 1 amide bonds. The van der Waals surface area contributed by atoms with E-state index in [1.54, 1.807) is 12.1 Å². The summed E-state index contributed by atoms with van der Waals surface area (Å²) < 4.78 is 0. The molecule has 17 heavy (non-hydrogen) atoms. The van der Waals surface area contributed by atoms with Crippen LogP contribution in [0.4, 0.5) is 5.69 Å². The molecule has 1 aromatic carbocycles. The van der Waals surface area contributed by atoms with Crippen molar-refractivity contribution in [2.45, 2.75) is 6.04 Å². The van der Waals surface area contributed by atoms with Crippen LogP contribution in [0.2, 0.25) is 5.02 Å². The van der Waals surface area contributed by atoms with Gasteiger partial charge in [-0.3, -0.25) is 4.79 Å². The van der Waals surface area contributed by atoms with Crippen molar-refractivity contribution in [2.24, 2.45) is 0 Å². The molecule has 0 saturated carbocycles. The number of likely N-dealkylation sites (N-methyl/N-ethyl adjacent to an activating group) is 1. The second kappa shape index (κ2) is 5.49. The lowest BCUT2D eigenvalue weighted by Gasteiger charge is -2.29. The fourth-order valence-corrected chi connectivity index (χ4v) is 2.04. The van der Waals surface area contributed by atoms with Crippen molar-refractivity contribution >= 4 is 23.2 Å². The van der Waals surface area contributed by atoms with Gasteiger partial charge in [0.05, 0.1) is 16.8 Å². The van der Waals surface area contributed by atoms with E-state index in [4.69, 9.17) is 11.6 Å². The van der Waals surface area contributed by atoms with E-state index < -0.39 is 0 Å². The van der Waals surface area contributed by atoms with Crippen molar-refractivity contribution in [3.63, 3.8) is 0 Å². The quantitative estimate of drug-likeness (QED) is 0.832. The molecule has 1 aliphatic heterocycles. The van der Waals surface area contributed by atoms with Gasteiger partial charge in [-0.1, -0.05) is 23.7 Å². The summed E-state index contributed by atoms with van der Waals surface area (Å²) in [5.74, 6) is -0.0374. The fourth-order valence-electron chi connectivity index (χ4n) is 1.86. The third kappa shape index (κ3) is 3.19. The summed E-state index contributed by atoms with van der Waals surface area (Å²) in [4.78, 5) is 14.1. The Kier molecular flexibility index (Phi) is 3.99. The van der Waals surface area contributed by atoms with Crippen LogP contribution in [0.1, 0.15) is 0 Å². The highest BCUT2D eigenvalue weighted by atomic mass is 35.5. The molecule has 4 nitrogen and oxygen atoms in total. The molecule has 1 aliphatic rings. The minimum Gasteiger partial charge on any atom is -0.323 e. The first kappa shape index (κ1) is 12.4. The Bertz CT molecular complexity index is 410. The normalized spacial score (nSPS) is 21.2. The Hall–Kier alpha value is -1.10. The zero-order chi connectivity index (χ0) is 12.3. The van der Waals surface area contributed by atoms with Gasteiger partial charge in [0.1, 0.15) is 0 Å². The molecule has 1 aromatic rings. The average Bonchev–Trinajstić information content (AvgIpc) is 2.32. The number of carbonyl (C=O) groups excluding carboxylic acids is 1. The van der Waals surface area contributed by atoms with Gasteiger partial charge >= 0.3 is 0 Å². The summed E-state index contributed by atoms with van der Waals surface area (Å²) in [6.45, 7) is 2.52. The molecule has 92 valence electrons. The molecule has 1 heterocycles. The largest absolute Gasteiger partial charge is 0.323 e. The predicted molar refractivity (Wildman–Crippen MR) is 69.4 cm³/mol. The van der Waals surface area contributed by atoms with Crippen LogP contribution in [0.25, 0.3) is 0 Å². The average molecular weight is 254 g/mol. The Morgan fingerprint density at radius 3 is 3.00 bits per heavy atom. The number of nitrogens with one attached hydrogen (secondary N) is 2. The molecule has 0 aromatic heterocycles. The first-order chi connectivity index (χ1) is 8.16. The number of hydrogen-bond acceptors (Lipinski definition) is 3. The molecule has 5 heteroatoms. The van der Waals surface area contributed by atoms with Gasteiger partial charge in [0.25, 0.3) is 0 Å². The molecule has 0 spiro atoms. The number of halogens is 1. The van der Waals surface area contributed by atoms with Gasteiger partial charge in [0.15, 0.2) is 0 Å². The molecular formula is C12H16ClN3O. The number of anilines is 1. The second-order valence-corrected chi connectivity index (χ2v) is 4.65. The van der Waals surface area contributed by atoms with E-state index in [0.717, 1.165) is 19.6 Å². The van der Waals surface area contributed by atoms with Crippen LogP contribution >= 0.6 is 11.6 Å². The van der Waals surface area contributed by atoms with Gasteiger partial charge in [0, 0.05) is 19.6 Å². The van der Waals surface area contributed by atoms with Crippen LogP contribution in [0.5, 0.6) is 0 Å². The lowest BCUT2D eigenvalue weighted by molar-refractivity contribution is -0.119. The monoisotopic (exact) mass is 253 g/mol. The Morgan fingerprint density at radius 2 is 2.29 bits per heavy atom. The van der Waals surface area contributed by atoms with Crippen molar-refractivity contribution < 1.29 is 4.79 Å². The molecule has 0 bridgehead atoms. The van der Waals surface area contributed by atoms with E-state index in [2.05, 4.69) is 15.5 Å². The van der Waals surface area contributed by atoms with E-state index >= 15 is 0 Å². The molecule has 1 fully saturated rings. The highest BCUT2D eigenvalue weighted by Gasteiger charge is 2.23. The van der Waals surface area contributed by atoms with Crippen LogP contribution in [0, 0.1) is 0 Å². The number of para-hydroxylation sites is 1. The maximum absolute atomic E-state index is 12.0. The first-order valence-corrected chi connectivity index (χ1v) is 6.02.